The molecule has 1 aliphatic rings. The second kappa shape index (κ2) is 11.4. The third-order valence-electron chi connectivity index (χ3n) is 4.78. The Bertz CT molecular complexity index is 600. The molecule has 1 unspecified atom stereocenters. The van der Waals surface area contributed by atoms with Gasteiger partial charge in [0, 0.05) is 36.9 Å². The highest BCUT2D eigenvalue weighted by molar-refractivity contribution is 9.10. The number of rotatable bonds is 9. The molecular weight excluding hydrogens is 408 g/mol. The minimum Gasteiger partial charge on any atom is -0.370 e. The maximum Gasteiger partial charge on any atom is 0.222 e. The largest absolute Gasteiger partial charge is 0.370 e. The lowest BCUT2D eigenvalue weighted by molar-refractivity contribution is -0.139. The lowest BCUT2D eigenvalue weighted by Crippen LogP contribution is -2.42. The zero-order chi connectivity index (χ0) is 19.6. The summed E-state index contributed by atoms with van der Waals surface area (Å²) in [6.07, 6.45) is 3.34. The molecule has 0 bridgehead atoms. The molecule has 1 atom stereocenters. The molecule has 0 aromatic heterocycles. The fourth-order valence-electron chi connectivity index (χ4n) is 3.36. The lowest BCUT2D eigenvalue weighted by Gasteiger charge is -2.33. The molecule has 0 N–H and O–H groups in total. The molecule has 1 heterocycles. The van der Waals surface area contributed by atoms with Crippen LogP contribution >= 0.6 is 15.9 Å². The average Bonchev–Trinajstić information content (AvgIpc) is 2.68. The number of hydrogen-bond acceptors (Lipinski definition) is 3. The van der Waals surface area contributed by atoms with Crippen molar-refractivity contribution in [1.29, 1.82) is 0 Å². The molecule has 6 heteroatoms. The number of halogens is 1. The average molecular weight is 439 g/mol. The van der Waals surface area contributed by atoms with Crippen LogP contribution < -0.4 is 0 Å². The summed E-state index contributed by atoms with van der Waals surface area (Å²) in [5.41, 5.74) is 1.08. The van der Waals surface area contributed by atoms with E-state index in [0.29, 0.717) is 39.0 Å². The van der Waals surface area contributed by atoms with Crippen molar-refractivity contribution < 1.29 is 14.3 Å². The first-order valence-electron chi connectivity index (χ1n) is 9.97. The molecule has 1 saturated heterocycles. The molecule has 1 aliphatic heterocycles. The summed E-state index contributed by atoms with van der Waals surface area (Å²) in [6.45, 7) is 7.52. The highest BCUT2D eigenvalue weighted by Gasteiger charge is 2.25. The Morgan fingerprint density at radius 2 is 1.81 bits per heavy atom. The Morgan fingerprint density at radius 1 is 1.15 bits per heavy atom. The van der Waals surface area contributed by atoms with Gasteiger partial charge >= 0.3 is 0 Å². The number of nitrogens with zero attached hydrogens (tertiary/aromatic N) is 2. The summed E-state index contributed by atoms with van der Waals surface area (Å²) in [6, 6.07) is 8.03. The van der Waals surface area contributed by atoms with Gasteiger partial charge in [0.25, 0.3) is 0 Å². The van der Waals surface area contributed by atoms with Crippen molar-refractivity contribution in [2.24, 2.45) is 0 Å². The summed E-state index contributed by atoms with van der Waals surface area (Å²) in [4.78, 5) is 28.7. The fourth-order valence-corrected chi connectivity index (χ4v) is 3.63. The van der Waals surface area contributed by atoms with Crippen LogP contribution in [0, 0.1) is 0 Å². The zero-order valence-electron chi connectivity index (χ0n) is 16.5. The van der Waals surface area contributed by atoms with Crippen molar-refractivity contribution in [3.63, 3.8) is 0 Å². The van der Waals surface area contributed by atoms with Crippen LogP contribution in [0.15, 0.2) is 28.7 Å². The number of carbonyl (C=O) groups is 2. The second-order valence-corrected chi connectivity index (χ2v) is 7.90. The first-order chi connectivity index (χ1) is 13.0. The first-order valence-corrected chi connectivity index (χ1v) is 10.8. The normalized spacial score (nSPS) is 17.0. The van der Waals surface area contributed by atoms with Gasteiger partial charge in [0.1, 0.15) is 6.10 Å². The molecule has 0 spiro atoms. The molecule has 2 amide bonds. The molecule has 2 rings (SSSR count). The van der Waals surface area contributed by atoms with Gasteiger partial charge in [0.05, 0.1) is 13.2 Å². The summed E-state index contributed by atoms with van der Waals surface area (Å²) < 4.78 is 6.87. The molecule has 1 aromatic rings. The number of benzene rings is 1. The van der Waals surface area contributed by atoms with Crippen LogP contribution in [-0.4, -0.2) is 54.4 Å². The number of carbonyl (C=O) groups excluding carboxylic acids is 2. The summed E-state index contributed by atoms with van der Waals surface area (Å²) in [5.74, 6) is 0.284. The van der Waals surface area contributed by atoms with Gasteiger partial charge in [-0.15, -0.1) is 0 Å². The monoisotopic (exact) mass is 438 g/mol. The molecule has 0 radical (unpaired) electrons. The van der Waals surface area contributed by atoms with E-state index in [0.717, 1.165) is 36.0 Å². The van der Waals surface area contributed by atoms with Crippen LogP contribution in [0.1, 0.15) is 57.6 Å². The third-order valence-corrected chi connectivity index (χ3v) is 5.31. The van der Waals surface area contributed by atoms with Gasteiger partial charge in [0.2, 0.25) is 11.8 Å². The van der Waals surface area contributed by atoms with Crippen LogP contribution in [0.25, 0.3) is 0 Å². The highest BCUT2D eigenvalue weighted by atomic mass is 79.9. The summed E-state index contributed by atoms with van der Waals surface area (Å²) in [5, 5.41) is 0. The van der Waals surface area contributed by atoms with Crippen LogP contribution in [0.4, 0.5) is 0 Å². The van der Waals surface area contributed by atoms with E-state index in [1.807, 2.05) is 34.1 Å². The Labute approximate surface area is 171 Å². The zero-order valence-corrected chi connectivity index (χ0v) is 18.0. The van der Waals surface area contributed by atoms with Crippen molar-refractivity contribution in [3.05, 3.63) is 34.3 Å². The maximum absolute atomic E-state index is 12.6. The Balaban J connectivity index is 1.79. The predicted molar refractivity (Wildman–Crippen MR) is 110 cm³/mol. The Hall–Kier alpha value is -1.40. The van der Waals surface area contributed by atoms with Gasteiger partial charge in [-0.1, -0.05) is 41.9 Å². The van der Waals surface area contributed by atoms with Crippen LogP contribution in [0.3, 0.4) is 0 Å². The van der Waals surface area contributed by atoms with Gasteiger partial charge in [-0.3, -0.25) is 9.59 Å². The highest BCUT2D eigenvalue weighted by Crippen LogP contribution is 2.24. The summed E-state index contributed by atoms with van der Waals surface area (Å²) >= 11 is 3.44. The van der Waals surface area contributed by atoms with Crippen LogP contribution in [-0.2, 0) is 14.3 Å². The van der Waals surface area contributed by atoms with E-state index in [2.05, 4.69) is 29.8 Å². The van der Waals surface area contributed by atoms with Gasteiger partial charge in [0.15, 0.2) is 0 Å². The molecule has 1 aromatic carbocycles. The van der Waals surface area contributed by atoms with Crippen molar-refractivity contribution in [3.8, 4) is 0 Å². The smallest absolute Gasteiger partial charge is 0.222 e. The van der Waals surface area contributed by atoms with Gasteiger partial charge in [-0.2, -0.15) is 0 Å². The number of morpholine rings is 1. The lowest BCUT2D eigenvalue weighted by atomic mass is 10.1. The van der Waals surface area contributed by atoms with E-state index in [9.17, 15) is 9.59 Å². The second-order valence-electron chi connectivity index (χ2n) is 6.99. The molecule has 0 aliphatic carbocycles. The molecule has 27 heavy (non-hydrogen) atoms. The molecule has 1 fully saturated rings. The number of amides is 2. The van der Waals surface area contributed by atoms with E-state index in [1.165, 1.54) is 0 Å². The minimum absolute atomic E-state index is 0.0815. The van der Waals surface area contributed by atoms with E-state index in [4.69, 9.17) is 4.74 Å². The van der Waals surface area contributed by atoms with E-state index >= 15 is 0 Å². The van der Waals surface area contributed by atoms with Crippen LogP contribution in [0.5, 0.6) is 0 Å². The Kier molecular flexibility index (Phi) is 9.28. The van der Waals surface area contributed by atoms with E-state index < -0.39 is 0 Å². The summed E-state index contributed by atoms with van der Waals surface area (Å²) in [7, 11) is 0. The first kappa shape index (κ1) is 21.9. The van der Waals surface area contributed by atoms with E-state index in [1.54, 1.807) is 0 Å². The number of ether oxygens (including phenoxy) is 1. The topological polar surface area (TPSA) is 49.9 Å². The predicted octanol–water partition coefficient (Wildman–Crippen LogP) is 4.17. The SMILES string of the molecule is CCCN(CCC)C(=O)CCCC(=O)N1CCOC(c2ccc(Br)cc2)C1. The van der Waals surface area contributed by atoms with Crippen molar-refractivity contribution in [2.45, 2.75) is 52.1 Å². The number of hydrogen-bond donors (Lipinski definition) is 0. The van der Waals surface area contributed by atoms with Crippen molar-refractivity contribution >= 4 is 27.7 Å². The molecule has 5 nitrogen and oxygen atoms in total. The van der Waals surface area contributed by atoms with Crippen molar-refractivity contribution in [1.82, 2.24) is 9.80 Å². The minimum atomic E-state index is -0.0815. The quantitative estimate of drug-likeness (QED) is 0.581. The molecule has 0 saturated carbocycles. The van der Waals surface area contributed by atoms with Crippen molar-refractivity contribution in [2.75, 3.05) is 32.8 Å². The van der Waals surface area contributed by atoms with Gasteiger partial charge in [-0.25, -0.2) is 0 Å². The standard InChI is InChI=1S/C21H31BrN2O3/c1-3-12-23(13-4-2)20(25)6-5-7-21(26)24-14-15-27-19(16-24)17-8-10-18(22)11-9-17/h8-11,19H,3-7,12-16H2,1-2H3. The molecular formula is C21H31BrN2O3. The maximum atomic E-state index is 12.6. The molecule has 150 valence electrons. The van der Waals surface area contributed by atoms with Gasteiger partial charge in [-0.05, 0) is 37.0 Å². The third kappa shape index (κ3) is 6.92. The van der Waals surface area contributed by atoms with E-state index in [-0.39, 0.29) is 17.9 Å². The van der Waals surface area contributed by atoms with Crippen LogP contribution in [0.2, 0.25) is 0 Å². The fraction of sp³-hybridized carbons (Fsp3) is 0.619. The Morgan fingerprint density at radius 3 is 2.44 bits per heavy atom. The van der Waals surface area contributed by atoms with Gasteiger partial charge < -0.3 is 14.5 Å².